The molecule has 3 aliphatic heterocycles. The van der Waals surface area contributed by atoms with Crippen molar-refractivity contribution >= 4 is 29.1 Å². The fourth-order valence-electron chi connectivity index (χ4n) is 4.61. The van der Waals surface area contributed by atoms with E-state index in [4.69, 9.17) is 4.74 Å². The molecule has 4 heterocycles. The Kier molecular flexibility index (Phi) is 6.08. The molecule has 3 aliphatic rings. The molecule has 0 spiro atoms. The molecule has 3 fully saturated rings. The SMILES string of the molecule is O=C(C1CC(=O)N(c2ccc(F)cc2)C1)N1CCN(c2ccc(N3CCOCC3)nn2)CC1. The first kappa shape index (κ1) is 21.6. The van der Waals surface area contributed by atoms with E-state index in [9.17, 15) is 14.0 Å². The fourth-order valence-corrected chi connectivity index (χ4v) is 4.61. The van der Waals surface area contributed by atoms with Gasteiger partial charge in [0.15, 0.2) is 11.6 Å². The average Bonchev–Trinajstić information content (AvgIpc) is 3.26. The van der Waals surface area contributed by atoms with Crippen LogP contribution in [0.5, 0.6) is 0 Å². The van der Waals surface area contributed by atoms with Crippen LogP contribution in [0.25, 0.3) is 0 Å². The predicted molar refractivity (Wildman–Crippen MR) is 121 cm³/mol. The van der Waals surface area contributed by atoms with Crippen molar-refractivity contribution in [3.8, 4) is 0 Å². The van der Waals surface area contributed by atoms with E-state index in [2.05, 4.69) is 20.0 Å². The summed E-state index contributed by atoms with van der Waals surface area (Å²) in [6.45, 7) is 5.85. The molecule has 1 aromatic carbocycles. The third-order valence-corrected chi connectivity index (χ3v) is 6.50. The summed E-state index contributed by atoms with van der Waals surface area (Å²) in [6, 6.07) is 9.76. The Hall–Kier alpha value is -3.27. The van der Waals surface area contributed by atoms with Crippen LogP contribution in [0.3, 0.4) is 0 Å². The molecular formula is C23H27FN6O3. The molecule has 1 unspecified atom stereocenters. The number of benzene rings is 1. The average molecular weight is 455 g/mol. The number of hydrogen-bond donors (Lipinski definition) is 0. The molecule has 1 atom stereocenters. The number of carbonyl (C=O) groups excluding carboxylic acids is 2. The predicted octanol–water partition coefficient (Wildman–Crippen LogP) is 1.15. The molecule has 0 radical (unpaired) electrons. The maximum atomic E-state index is 13.2. The van der Waals surface area contributed by atoms with Gasteiger partial charge < -0.3 is 24.3 Å². The molecule has 33 heavy (non-hydrogen) atoms. The number of ether oxygens (including phenoxy) is 1. The summed E-state index contributed by atoms with van der Waals surface area (Å²) >= 11 is 0. The van der Waals surface area contributed by atoms with Crippen LogP contribution in [-0.4, -0.2) is 85.9 Å². The van der Waals surface area contributed by atoms with Gasteiger partial charge in [-0.3, -0.25) is 9.59 Å². The summed E-state index contributed by atoms with van der Waals surface area (Å²) in [5.74, 6) is 0.832. The third-order valence-electron chi connectivity index (χ3n) is 6.50. The highest BCUT2D eigenvalue weighted by atomic mass is 19.1. The Balaban J connectivity index is 1.15. The highest BCUT2D eigenvalue weighted by Crippen LogP contribution is 2.27. The van der Waals surface area contributed by atoms with Crippen LogP contribution in [-0.2, 0) is 14.3 Å². The van der Waals surface area contributed by atoms with Crippen molar-refractivity contribution in [1.82, 2.24) is 15.1 Å². The summed E-state index contributed by atoms with van der Waals surface area (Å²) in [7, 11) is 0. The number of nitrogens with zero attached hydrogens (tertiary/aromatic N) is 6. The molecule has 0 saturated carbocycles. The summed E-state index contributed by atoms with van der Waals surface area (Å²) in [4.78, 5) is 33.2. The quantitative estimate of drug-likeness (QED) is 0.686. The number of anilines is 3. The monoisotopic (exact) mass is 454 g/mol. The van der Waals surface area contributed by atoms with Gasteiger partial charge in [0.2, 0.25) is 11.8 Å². The van der Waals surface area contributed by atoms with Gasteiger partial charge in [0.25, 0.3) is 0 Å². The lowest BCUT2D eigenvalue weighted by atomic mass is 10.1. The standard InChI is InChI=1S/C23H27FN6O3/c24-18-1-3-19(4-2-18)30-16-17(15-22(30)31)23(32)29-9-7-27(8-10-29)20-5-6-21(26-25-20)28-11-13-33-14-12-28/h1-6,17H,7-16H2. The second kappa shape index (κ2) is 9.30. The maximum Gasteiger partial charge on any atom is 0.228 e. The highest BCUT2D eigenvalue weighted by Gasteiger charge is 2.38. The molecule has 0 bridgehead atoms. The topological polar surface area (TPSA) is 82.1 Å². The van der Waals surface area contributed by atoms with Crippen molar-refractivity contribution in [1.29, 1.82) is 0 Å². The third kappa shape index (κ3) is 4.61. The normalized spacial score (nSPS) is 21.6. The van der Waals surface area contributed by atoms with Crippen molar-refractivity contribution in [3.05, 3.63) is 42.2 Å². The zero-order chi connectivity index (χ0) is 22.8. The van der Waals surface area contributed by atoms with Gasteiger partial charge in [0.05, 0.1) is 19.1 Å². The lowest BCUT2D eigenvalue weighted by Gasteiger charge is -2.36. The van der Waals surface area contributed by atoms with Crippen molar-refractivity contribution in [2.45, 2.75) is 6.42 Å². The van der Waals surface area contributed by atoms with Gasteiger partial charge in [0, 0.05) is 57.9 Å². The van der Waals surface area contributed by atoms with Crippen LogP contribution in [0.4, 0.5) is 21.7 Å². The zero-order valence-corrected chi connectivity index (χ0v) is 18.4. The molecule has 174 valence electrons. The molecule has 0 N–H and O–H groups in total. The second-order valence-electron chi connectivity index (χ2n) is 8.54. The van der Waals surface area contributed by atoms with E-state index >= 15 is 0 Å². The molecule has 10 heteroatoms. The summed E-state index contributed by atoms with van der Waals surface area (Å²) < 4.78 is 18.6. The van der Waals surface area contributed by atoms with Crippen LogP contribution in [0.2, 0.25) is 0 Å². The summed E-state index contributed by atoms with van der Waals surface area (Å²) in [6.07, 6.45) is 0.185. The number of halogens is 1. The van der Waals surface area contributed by atoms with E-state index in [1.165, 1.54) is 12.1 Å². The Bertz CT molecular complexity index is 988. The first-order chi connectivity index (χ1) is 16.1. The molecule has 2 amide bonds. The lowest BCUT2D eigenvalue weighted by Crippen LogP contribution is -2.51. The number of rotatable bonds is 4. The minimum absolute atomic E-state index is 0.00126. The van der Waals surface area contributed by atoms with Crippen LogP contribution in [0.1, 0.15) is 6.42 Å². The van der Waals surface area contributed by atoms with Crippen LogP contribution in [0, 0.1) is 11.7 Å². The molecule has 1 aromatic heterocycles. The van der Waals surface area contributed by atoms with Gasteiger partial charge in [-0.25, -0.2) is 4.39 Å². The summed E-state index contributed by atoms with van der Waals surface area (Å²) in [5.41, 5.74) is 0.626. The van der Waals surface area contributed by atoms with Gasteiger partial charge in [-0.15, -0.1) is 10.2 Å². The van der Waals surface area contributed by atoms with Gasteiger partial charge in [0.1, 0.15) is 5.82 Å². The van der Waals surface area contributed by atoms with E-state index in [0.29, 0.717) is 51.6 Å². The van der Waals surface area contributed by atoms with Crippen molar-refractivity contribution in [2.24, 2.45) is 5.92 Å². The Morgan fingerprint density at radius 2 is 1.48 bits per heavy atom. The molecule has 9 nitrogen and oxygen atoms in total. The Morgan fingerprint density at radius 1 is 0.879 bits per heavy atom. The van der Waals surface area contributed by atoms with Crippen molar-refractivity contribution < 1.29 is 18.7 Å². The molecule has 0 aliphatic carbocycles. The molecule has 2 aromatic rings. The number of piperazine rings is 1. The largest absolute Gasteiger partial charge is 0.378 e. The first-order valence-electron chi connectivity index (χ1n) is 11.3. The van der Waals surface area contributed by atoms with Gasteiger partial charge in [-0.05, 0) is 36.4 Å². The van der Waals surface area contributed by atoms with E-state index in [1.807, 2.05) is 17.0 Å². The minimum Gasteiger partial charge on any atom is -0.378 e. The van der Waals surface area contributed by atoms with Crippen LogP contribution in [0.15, 0.2) is 36.4 Å². The van der Waals surface area contributed by atoms with E-state index in [-0.39, 0.29) is 30.0 Å². The van der Waals surface area contributed by atoms with Gasteiger partial charge >= 0.3 is 0 Å². The Morgan fingerprint density at radius 3 is 2.09 bits per heavy atom. The van der Waals surface area contributed by atoms with Crippen molar-refractivity contribution in [3.63, 3.8) is 0 Å². The first-order valence-corrected chi connectivity index (χ1v) is 11.3. The Labute approximate surface area is 191 Å². The maximum absolute atomic E-state index is 13.2. The summed E-state index contributed by atoms with van der Waals surface area (Å²) in [5, 5.41) is 8.77. The molecule has 3 saturated heterocycles. The number of hydrogen-bond acceptors (Lipinski definition) is 7. The van der Waals surface area contributed by atoms with Gasteiger partial charge in [-0.2, -0.15) is 0 Å². The highest BCUT2D eigenvalue weighted by molar-refractivity contribution is 6.00. The second-order valence-corrected chi connectivity index (χ2v) is 8.54. The lowest BCUT2D eigenvalue weighted by molar-refractivity contribution is -0.136. The molecular weight excluding hydrogens is 427 g/mol. The number of aromatic nitrogens is 2. The number of carbonyl (C=O) groups is 2. The number of amides is 2. The van der Waals surface area contributed by atoms with Gasteiger partial charge in [-0.1, -0.05) is 0 Å². The van der Waals surface area contributed by atoms with E-state index in [0.717, 1.165) is 24.7 Å². The van der Waals surface area contributed by atoms with Crippen molar-refractivity contribution in [2.75, 3.05) is 73.7 Å². The number of morpholine rings is 1. The van der Waals surface area contributed by atoms with Crippen LogP contribution < -0.4 is 14.7 Å². The minimum atomic E-state index is -0.373. The smallest absolute Gasteiger partial charge is 0.228 e. The fraction of sp³-hybridized carbons (Fsp3) is 0.478. The molecule has 5 rings (SSSR count). The zero-order valence-electron chi connectivity index (χ0n) is 18.4. The van der Waals surface area contributed by atoms with E-state index < -0.39 is 0 Å². The van der Waals surface area contributed by atoms with E-state index in [1.54, 1.807) is 17.0 Å². The van der Waals surface area contributed by atoms with Crippen LogP contribution >= 0.6 is 0 Å².